The molecule has 0 saturated carbocycles. The fourth-order valence-electron chi connectivity index (χ4n) is 0.613. The first-order valence-corrected chi connectivity index (χ1v) is 7.92. The molecule has 0 bridgehead atoms. The molecule has 0 fully saturated rings. The Bertz CT molecular complexity index is 214. The highest BCUT2D eigenvalue weighted by atomic mass is 13.7. The Labute approximate surface area is 129 Å². The molecule has 0 aromatic rings. The van der Waals surface area contributed by atoms with Crippen molar-refractivity contribution in [2.45, 2.75) is 67.2 Å². The van der Waals surface area contributed by atoms with E-state index in [1.54, 1.807) is 12.2 Å². The van der Waals surface area contributed by atoms with Crippen LogP contribution in [0, 0.1) is 0 Å². The van der Waals surface area contributed by atoms with Gasteiger partial charge in [0, 0.05) is 0 Å². The lowest BCUT2D eigenvalue weighted by molar-refractivity contribution is 0.886. The maximum absolute atomic E-state index is 3.55. The molecule has 0 aliphatic carbocycles. The molecule has 0 saturated heterocycles. The molecule has 0 unspecified atom stereocenters. The van der Waals surface area contributed by atoms with Crippen molar-refractivity contribution in [3.05, 3.63) is 61.8 Å². The van der Waals surface area contributed by atoms with Crippen LogP contribution in [-0.2, 0) is 0 Å². The van der Waals surface area contributed by atoms with Crippen molar-refractivity contribution in [3.63, 3.8) is 0 Å². The van der Waals surface area contributed by atoms with Gasteiger partial charge in [0.15, 0.2) is 0 Å². The van der Waals surface area contributed by atoms with Crippen molar-refractivity contribution in [1.29, 1.82) is 0 Å². The van der Waals surface area contributed by atoms with Gasteiger partial charge in [0.2, 0.25) is 0 Å². The third-order valence-electron chi connectivity index (χ3n) is 1.78. The SMILES string of the molecule is C=C/C=C\C=C/C.C=C/C=C\CCC.CC.CCCC. The van der Waals surface area contributed by atoms with Crippen LogP contribution < -0.4 is 0 Å². The Morgan fingerprint density at radius 2 is 1.20 bits per heavy atom. The summed E-state index contributed by atoms with van der Waals surface area (Å²) in [7, 11) is 0. The average Bonchev–Trinajstić information content (AvgIpc) is 2.51. The molecule has 0 N–H and O–H groups in total. The van der Waals surface area contributed by atoms with Gasteiger partial charge in [-0.2, -0.15) is 0 Å². The zero-order valence-electron chi connectivity index (χ0n) is 14.9. The zero-order valence-corrected chi connectivity index (χ0v) is 14.9. The number of unbranched alkanes of at least 4 members (excludes halogenated alkanes) is 2. The molecule has 0 aliphatic rings. The van der Waals surface area contributed by atoms with E-state index in [9.17, 15) is 0 Å². The normalized spacial score (nSPS) is 9.10. The van der Waals surface area contributed by atoms with Crippen molar-refractivity contribution in [2.24, 2.45) is 0 Å². The molecule has 0 aromatic carbocycles. The minimum atomic E-state index is 1.17. The third-order valence-corrected chi connectivity index (χ3v) is 1.78. The van der Waals surface area contributed by atoms with Gasteiger partial charge in [0.1, 0.15) is 0 Å². The van der Waals surface area contributed by atoms with Crippen LogP contribution >= 0.6 is 0 Å². The summed E-state index contributed by atoms with van der Waals surface area (Å²) >= 11 is 0. The van der Waals surface area contributed by atoms with Gasteiger partial charge in [-0.25, -0.2) is 0 Å². The van der Waals surface area contributed by atoms with E-state index in [0.29, 0.717) is 0 Å². The molecule has 0 heterocycles. The fourth-order valence-corrected chi connectivity index (χ4v) is 0.613. The molecule has 0 amide bonds. The maximum Gasteiger partial charge on any atom is -0.0350 e. The van der Waals surface area contributed by atoms with Crippen molar-refractivity contribution < 1.29 is 0 Å². The number of hydrogen-bond acceptors (Lipinski definition) is 0. The topological polar surface area (TPSA) is 0 Å². The second kappa shape index (κ2) is 43.1. The first-order chi connectivity index (χ1) is 9.74. The number of allylic oxidation sites excluding steroid dienone is 8. The summed E-state index contributed by atoms with van der Waals surface area (Å²) in [6.45, 7) is 19.6. The van der Waals surface area contributed by atoms with E-state index in [4.69, 9.17) is 0 Å². The molecule has 0 nitrogen and oxygen atoms in total. The van der Waals surface area contributed by atoms with Gasteiger partial charge in [0.25, 0.3) is 0 Å². The molecule has 0 atom stereocenters. The van der Waals surface area contributed by atoms with Crippen LogP contribution in [0.1, 0.15) is 67.2 Å². The summed E-state index contributed by atoms with van der Waals surface area (Å²) in [6.07, 6.45) is 20.4. The molecule has 0 heteroatoms. The minimum Gasteiger partial charge on any atom is -0.0991 e. The summed E-state index contributed by atoms with van der Waals surface area (Å²) in [5, 5.41) is 0. The predicted octanol–water partition coefficient (Wildman–Crippen LogP) is 7.67. The van der Waals surface area contributed by atoms with Crippen LogP contribution in [0.4, 0.5) is 0 Å². The van der Waals surface area contributed by atoms with Gasteiger partial charge in [-0.05, 0) is 13.3 Å². The summed E-state index contributed by atoms with van der Waals surface area (Å²) in [6, 6.07) is 0. The highest BCUT2D eigenvalue weighted by molar-refractivity contribution is 5.07. The van der Waals surface area contributed by atoms with Crippen LogP contribution in [0.3, 0.4) is 0 Å². The van der Waals surface area contributed by atoms with Crippen LogP contribution in [0.25, 0.3) is 0 Å². The summed E-state index contributed by atoms with van der Waals surface area (Å²) in [5.41, 5.74) is 0. The molecule has 0 radical (unpaired) electrons. The Morgan fingerprint density at radius 1 is 0.700 bits per heavy atom. The van der Waals surface area contributed by atoms with E-state index in [-0.39, 0.29) is 0 Å². The highest BCUT2D eigenvalue weighted by Gasteiger charge is 1.66. The molecular formula is C20H38. The van der Waals surface area contributed by atoms with E-state index in [1.807, 2.05) is 51.2 Å². The van der Waals surface area contributed by atoms with Gasteiger partial charge >= 0.3 is 0 Å². The summed E-state index contributed by atoms with van der Waals surface area (Å²) in [4.78, 5) is 0. The summed E-state index contributed by atoms with van der Waals surface area (Å²) in [5.74, 6) is 0. The molecule has 0 aliphatic heterocycles. The largest absolute Gasteiger partial charge is 0.0991 e. The molecule has 20 heavy (non-hydrogen) atoms. The zero-order chi connectivity index (χ0) is 16.5. The van der Waals surface area contributed by atoms with Gasteiger partial charge in [0.05, 0.1) is 0 Å². The van der Waals surface area contributed by atoms with E-state index in [1.165, 1.54) is 25.7 Å². The van der Waals surface area contributed by atoms with E-state index < -0.39 is 0 Å². The second-order valence-electron chi connectivity index (χ2n) is 3.60. The van der Waals surface area contributed by atoms with E-state index in [2.05, 4.69) is 40.0 Å². The predicted molar refractivity (Wildman–Crippen MR) is 100 cm³/mol. The van der Waals surface area contributed by atoms with Crippen molar-refractivity contribution in [3.8, 4) is 0 Å². The third kappa shape index (κ3) is 69.4. The lowest BCUT2D eigenvalue weighted by atomic mass is 10.3. The first-order valence-electron chi connectivity index (χ1n) is 7.92. The van der Waals surface area contributed by atoms with Crippen LogP contribution in [-0.4, -0.2) is 0 Å². The smallest absolute Gasteiger partial charge is 0.0350 e. The lowest BCUT2D eigenvalue weighted by Crippen LogP contribution is -1.56. The van der Waals surface area contributed by atoms with Gasteiger partial charge in [-0.3, -0.25) is 0 Å². The quantitative estimate of drug-likeness (QED) is 0.437. The molecule has 0 aromatic heterocycles. The van der Waals surface area contributed by atoms with E-state index >= 15 is 0 Å². The van der Waals surface area contributed by atoms with Crippen molar-refractivity contribution in [2.75, 3.05) is 0 Å². The first kappa shape index (κ1) is 27.1. The monoisotopic (exact) mass is 278 g/mol. The van der Waals surface area contributed by atoms with Gasteiger partial charge in [-0.1, -0.05) is 116 Å². The number of hydrogen-bond donors (Lipinski definition) is 0. The van der Waals surface area contributed by atoms with Gasteiger partial charge in [-0.15, -0.1) is 0 Å². The van der Waals surface area contributed by atoms with Crippen LogP contribution in [0.15, 0.2) is 61.8 Å². The van der Waals surface area contributed by atoms with E-state index in [0.717, 1.165) is 0 Å². The van der Waals surface area contributed by atoms with Crippen molar-refractivity contribution >= 4 is 0 Å². The molecule has 0 spiro atoms. The Hall–Kier alpha value is -1.30. The van der Waals surface area contributed by atoms with Crippen LogP contribution in [0.5, 0.6) is 0 Å². The van der Waals surface area contributed by atoms with Crippen molar-refractivity contribution in [1.82, 2.24) is 0 Å². The molecule has 118 valence electrons. The second-order valence-corrected chi connectivity index (χ2v) is 3.60. The molecule has 0 rings (SSSR count). The Balaban J connectivity index is -0.0000000933. The standard InChI is InChI=1S/C7H12.C7H10.C4H10.C2H6/c2*1-3-5-7-6-4-2;1-3-4-2;1-2/h3,5,7H,1,4,6H2,2H3;3-7H,1H2,2H3;3-4H2,1-2H3;1-2H3/b7-5-;6-4-,7-5-;;. The highest BCUT2D eigenvalue weighted by Crippen LogP contribution is 1.86. The Kier molecular flexibility index (Phi) is 58.4. The Morgan fingerprint density at radius 3 is 1.50 bits per heavy atom. The van der Waals surface area contributed by atoms with Crippen LogP contribution in [0.2, 0.25) is 0 Å². The minimum absolute atomic E-state index is 1.17. The maximum atomic E-state index is 3.55. The number of rotatable bonds is 6. The fraction of sp³-hybridized carbons (Fsp3) is 0.500. The lowest BCUT2D eigenvalue weighted by Gasteiger charge is -1.77. The summed E-state index contributed by atoms with van der Waals surface area (Å²) < 4.78 is 0. The average molecular weight is 279 g/mol. The van der Waals surface area contributed by atoms with Gasteiger partial charge < -0.3 is 0 Å². The molecular weight excluding hydrogens is 240 g/mol.